The van der Waals surface area contributed by atoms with Gasteiger partial charge in [0, 0.05) is 42.1 Å². The van der Waals surface area contributed by atoms with Crippen LogP contribution in [0.4, 0.5) is 0 Å². The molecular weight excluding hydrogens is 701 g/mol. The van der Waals surface area contributed by atoms with Gasteiger partial charge in [0.2, 0.25) is 5.95 Å². The highest BCUT2D eigenvalue weighted by Gasteiger charge is 2.18. The number of nitrogens with zero attached hydrogens (tertiary/aromatic N) is 4. The van der Waals surface area contributed by atoms with E-state index in [4.69, 9.17) is 15.0 Å². The van der Waals surface area contributed by atoms with Crippen LogP contribution in [-0.4, -0.2) is 19.5 Å². The zero-order valence-corrected chi connectivity index (χ0v) is 31.0. The van der Waals surface area contributed by atoms with Gasteiger partial charge in [0.15, 0.2) is 11.6 Å². The van der Waals surface area contributed by atoms with Gasteiger partial charge in [-0.15, -0.1) is 11.3 Å². The standard InChI is InChI=1S/C51H32N4S/c1-3-13-33(14-4-1)38-29-30-46-43(32-38)48-40(21-12-24-47(48)56-46)39-18-11-17-37(31-39)34-25-27-36(28-26-34)50-52-49(35-15-5-2-6-16-35)53-51(54-50)55-44-22-9-7-19-41(44)42-20-8-10-23-45(42)55/h1-32H. The Morgan fingerprint density at radius 1 is 0.339 bits per heavy atom. The Labute approximate surface area is 327 Å². The van der Waals surface area contributed by atoms with Crippen molar-refractivity contribution in [1.82, 2.24) is 19.5 Å². The minimum atomic E-state index is 0.592. The molecule has 0 N–H and O–H groups in total. The van der Waals surface area contributed by atoms with Gasteiger partial charge in [0.05, 0.1) is 11.0 Å². The lowest BCUT2D eigenvalue weighted by molar-refractivity contribution is 0.953. The second-order valence-corrected chi connectivity index (χ2v) is 15.1. The van der Waals surface area contributed by atoms with Crippen molar-refractivity contribution in [3.05, 3.63) is 194 Å². The molecular formula is C51H32N4S. The maximum absolute atomic E-state index is 5.14. The molecule has 0 aliphatic rings. The van der Waals surface area contributed by atoms with Gasteiger partial charge in [-0.05, 0) is 69.8 Å². The van der Waals surface area contributed by atoms with E-state index in [1.54, 1.807) is 0 Å². The number of benzene rings is 8. The molecule has 0 aliphatic heterocycles. The van der Waals surface area contributed by atoms with Gasteiger partial charge in [-0.1, -0.05) is 158 Å². The van der Waals surface area contributed by atoms with Gasteiger partial charge in [-0.2, -0.15) is 9.97 Å². The average molecular weight is 733 g/mol. The lowest BCUT2D eigenvalue weighted by Gasteiger charge is -2.11. The first kappa shape index (κ1) is 32.2. The van der Waals surface area contributed by atoms with E-state index >= 15 is 0 Å². The smallest absolute Gasteiger partial charge is 0.238 e. The Kier molecular flexibility index (Phi) is 7.64. The van der Waals surface area contributed by atoms with Crippen LogP contribution in [0.5, 0.6) is 0 Å². The summed E-state index contributed by atoms with van der Waals surface area (Å²) in [5.74, 6) is 1.85. The average Bonchev–Trinajstić information content (AvgIpc) is 3.83. The number of hydrogen-bond donors (Lipinski definition) is 0. The Balaban J connectivity index is 0.997. The first-order valence-corrected chi connectivity index (χ1v) is 19.6. The molecule has 8 aromatic carbocycles. The lowest BCUT2D eigenvalue weighted by atomic mass is 9.95. The normalized spacial score (nSPS) is 11.6. The predicted molar refractivity (Wildman–Crippen MR) is 234 cm³/mol. The fraction of sp³-hybridized carbons (Fsp3) is 0. The molecule has 0 unspecified atom stereocenters. The van der Waals surface area contributed by atoms with Crippen molar-refractivity contribution in [2.24, 2.45) is 0 Å². The number of aromatic nitrogens is 4. The molecule has 56 heavy (non-hydrogen) atoms. The number of fused-ring (bicyclic) bond motifs is 6. The summed E-state index contributed by atoms with van der Waals surface area (Å²) in [5, 5.41) is 4.93. The lowest BCUT2D eigenvalue weighted by Crippen LogP contribution is -2.06. The van der Waals surface area contributed by atoms with Gasteiger partial charge in [0.1, 0.15) is 0 Å². The molecule has 0 fully saturated rings. The van der Waals surface area contributed by atoms with Gasteiger partial charge in [0.25, 0.3) is 0 Å². The number of thiophene rings is 1. The van der Waals surface area contributed by atoms with Crippen molar-refractivity contribution in [3.8, 4) is 62.1 Å². The molecule has 3 aromatic heterocycles. The highest BCUT2D eigenvalue weighted by atomic mass is 32.1. The van der Waals surface area contributed by atoms with Gasteiger partial charge < -0.3 is 0 Å². The summed E-state index contributed by atoms with van der Waals surface area (Å²) < 4.78 is 4.75. The van der Waals surface area contributed by atoms with E-state index in [2.05, 4.69) is 168 Å². The van der Waals surface area contributed by atoms with Crippen LogP contribution in [0.15, 0.2) is 194 Å². The Morgan fingerprint density at radius 2 is 0.857 bits per heavy atom. The van der Waals surface area contributed by atoms with Crippen molar-refractivity contribution >= 4 is 53.3 Å². The van der Waals surface area contributed by atoms with E-state index in [0.717, 1.165) is 33.3 Å². The molecule has 0 atom stereocenters. The molecule has 11 rings (SSSR count). The van der Waals surface area contributed by atoms with Crippen LogP contribution in [0.3, 0.4) is 0 Å². The minimum absolute atomic E-state index is 0.592. The Morgan fingerprint density at radius 3 is 1.57 bits per heavy atom. The first-order valence-electron chi connectivity index (χ1n) is 18.8. The SMILES string of the molecule is c1ccc(-c2ccc3sc4cccc(-c5cccc(-c6ccc(-c7nc(-c8ccccc8)nc(-n8c9ccccc9c9ccccc98)n7)cc6)c5)c4c3c2)cc1. The van der Waals surface area contributed by atoms with Crippen molar-refractivity contribution < 1.29 is 0 Å². The summed E-state index contributed by atoms with van der Waals surface area (Å²) in [4.78, 5) is 15.3. The van der Waals surface area contributed by atoms with Crippen molar-refractivity contribution in [2.75, 3.05) is 0 Å². The topological polar surface area (TPSA) is 43.6 Å². The third-order valence-electron chi connectivity index (χ3n) is 10.7. The first-order chi connectivity index (χ1) is 27.7. The van der Waals surface area contributed by atoms with Crippen LogP contribution in [0.2, 0.25) is 0 Å². The zero-order chi connectivity index (χ0) is 37.0. The van der Waals surface area contributed by atoms with Crippen LogP contribution in [0.25, 0.3) is 104 Å². The fourth-order valence-electron chi connectivity index (χ4n) is 8.00. The third kappa shape index (κ3) is 5.48. The summed E-state index contributed by atoms with van der Waals surface area (Å²) >= 11 is 1.86. The summed E-state index contributed by atoms with van der Waals surface area (Å²) in [5.41, 5.74) is 11.2. The molecule has 3 heterocycles. The van der Waals surface area contributed by atoms with E-state index in [9.17, 15) is 0 Å². The predicted octanol–water partition coefficient (Wildman–Crippen LogP) is 13.7. The summed E-state index contributed by atoms with van der Waals surface area (Å²) in [6.07, 6.45) is 0. The van der Waals surface area contributed by atoms with Crippen molar-refractivity contribution in [1.29, 1.82) is 0 Å². The monoisotopic (exact) mass is 732 g/mol. The van der Waals surface area contributed by atoms with E-state index in [-0.39, 0.29) is 0 Å². The van der Waals surface area contributed by atoms with Gasteiger partial charge in [-0.25, -0.2) is 4.98 Å². The third-order valence-corrected chi connectivity index (χ3v) is 11.8. The Hall–Kier alpha value is -7.21. The molecule has 0 saturated heterocycles. The van der Waals surface area contributed by atoms with E-state index in [1.165, 1.54) is 53.2 Å². The largest absolute Gasteiger partial charge is 0.278 e. The number of para-hydroxylation sites is 2. The molecule has 0 aliphatic carbocycles. The quantitative estimate of drug-likeness (QED) is 0.171. The highest BCUT2D eigenvalue weighted by molar-refractivity contribution is 7.26. The van der Waals surface area contributed by atoms with Crippen LogP contribution in [0.1, 0.15) is 0 Å². The summed E-state index contributed by atoms with van der Waals surface area (Å²) in [7, 11) is 0. The zero-order valence-electron chi connectivity index (χ0n) is 30.2. The maximum Gasteiger partial charge on any atom is 0.238 e. The molecule has 0 saturated carbocycles. The maximum atomic E-state index is 5.14. The Bertz CT molecular complexity index is 3180. The number of rotatable bonds is 6. The molecule has 262 valence electrons. The molecule has 0 spiro atoms. The summed E-state index contributed by atoms with van der Waals surface area (Å²) in [6.45, 7) is 0. The fourth-order valence-corrected chi connectivity index (χ4v) is 9.12. The molecule has 4 nitrogen and oxygen atoms in total. The van der Waals surface area contributed by atoms with Crippen LogP contribution < -0.4 is 0 Å². The van der Waals surface area contributed by atoms with E-state index in [0.29, 0.717) is 17.6 Å². The summed E-state index contributed by atoms with van der Waals surface area (Å²) in [6, 6.07) is 68.7. The van der Waals surface area contributed by atoms with E-state index < -0.39 is 0 Å². The highest BCUT2D eigenvalue weighted by Crippen LogP contribution is 2.42. The molecule has 0 radical (unpaired) electrons. The number of hydrogen-bond acceptors (Lipinski definition) is 4. The van der Waals surface area contributed by atoms with Crippen molar-refractivity contribution in [3.63, 3.8) is 0 Å². The second-order valence-electron chi connectivity index (χ2n) is 14.0. The second kappa shape index (κ2) is 13.3. The van der Waals surface area contributed by atoms with Crippen LogP contribution in [-0.2, 0) is 0 Å². The van der Waals surface area contributed by atoms with Gasteiger partial charge >= 0.3 is 0 Å². The van der Waals surface area contributed by atoms with Crippen LogP contribution >= 0.6 is 11.3 Å². The molecule has 0 bridgehead atoms. The minimum Gasteiger partial charge on any atom is -0.278 e. The molecule has 0 amide bonds. The molecule has 5 heteroatoms. The van der Waals surface area contributed by atoms with E-state index in [1.807, 2.05) is 41.7 Å². The molecule has 11 aromatic rings. The van der Waals surface area contributed by atoms with Gasteiger partial charge in [-0.3, -0.25) is 4.57 Å². The van der Waals surface area contributed by atoms with Crippen LogP contribution in [0, 0.1) is 0 Å². The van der Waals surface area contributed by atoms with Crippen molar-refractivity contribution in [2.45, 2.75) is 0 Å².